The maximum Gasteiger partial charge on any atom is 0.0927 e. The normalized spacial score (nSPS) is 11.2. The van der Waals surface area contributed by atoms with Gasteiger partial charge < -0.3 is 4.57 Å². The maximum absolute atomic E-state index is 4.47. The van der Waals surface area contributed by atoms with Crippen LogP contribution in [0.25, 0.3) is 33.4 Å². The number of hydrogen-bond donors (Lipinski definition) is 1. The molecule has 108 valence electrons. The lowest BCUT2D eigenvalue weighted by Crippen LogP contribution is -1.81. The topological polar surface area (TPSA) is 33.6 Å². The van der Waals surface area contributed by atoms with Crippen LogP contribution in [0.5, 0.6) is 0 Å². The molecule has 2 aromatic heterocycles. The van der Waals surface area contributed by atoms with E-state index in [4.69, 9.17) is 0 Å². The van der Waals surface area contributed by atoms with Crippen LogP contribution >= 0.6 is 0 Å². The third-order valence-electron chi connectivity index (χ3n) is 4.11. The van der Waals surface area contributed by atoms with Crippen LogP contribution in [0.15, 0.2) is 60.8 Å². The van der Waals surface area contributed by atoms with Crippen molar-refractivity contribution in [1.82, 2.24) is 14.8 Å². The number of nitrogens with zero attached hydrogens (tertiary/aromatic N) is 2. The van der Waals surface area contributed by atoms with E-state index in [-0.39, 0.29) is 0 Å². The molecule has 1 N–H and O–H groups in total. The first-order valence-electron chi connectivity index (χ1n) is 7.39. The molecule has 0 atom stereocenters. The molecule has 0 amide bonds. The first-order valence-corrected chi connectivity index (χ1v) is 7.39. The maximum atomic E-state index is 4.47. The Kier molecular flexibility index (Phi) is 2.86. The van der Waals surface area contributed by atoms with Crippen LogP contribution in [0.4, 0.5) is 0 Å². The van der Waals surface area contributed by atoms with E-state index < -0.39 is 0 Å². The van der Waals surface area contributed by atoms with Crippen LogP contribution in [0.2, 0.25) is 0 Å². The predicted octanol–water partition coefficient (Wildman–Crippen LogP) is 4.54. The van der Waals surface area contributed by atoms with E-state index in [0.29, 0.717) is 0 Å². The van der Waals surface area contributed by atoms with Gasteiger partial charge in [-0.3, -0.25) is 5.10 Å². The fourth-order valence-corrected chi connectivity index (χ4v) is 2.89. The lowest BCUT2D eigenvalue weighted by Gasteiger charge is -1.96. The molecule has 4 rings (SSSR count). The third-order valence-corrected chi connectivity index (χ3v) is 4.11. The van der Waals surface area contributed by atoms with E-state index in [1.807, 2.05) is 0 Å². The molecule has 2 aromatic carbocycles. The lowest BCUT2D eigenvalue weighted by atomic mass is 10.1. The summed E-state index contributed by atoms with van der Waals surface area (Å²) >= 11 is 0. The van der Waals surface area contributed by atoms with E-state index in [1.165, 1.54) is 22.0 Å². The average Bonchev–Trinajstić information content (AvgIpc) is 3.14. The van der Waals surface area contributed by atoms with Crippen LogP contribution in [-0.4, -0.2) is 14.8 Å². The first-order chi connectivity index (χ1) is 10.7. The molecule has 0 saturated carbocycles. The molecule has 0 aliphatic heterocycles. The summed E-state index contributed by atoms with van der Waals surface area (Å²) in [5.74, 6) is 0. The van der Waals surface area contributed by atoms with Gasteiger partial charge in [-0.05, 0) is 19.1 Å². The van der Waals surface area contributed by atoms with E-state index >= 15 is 0 Å². The molecular formula is C19H17N3. The van der Waals surface area contributed by atoms with E-state index in [2.05, 4.69) is 89.5 Å². The van der Waals surface area contributed by atoms with Gasteiger partial charge in [-0.15, -0.1) is 0 Å². The van der Waals surface area contributed by atoms with Gasteiger partial charge in [-0.25, -0.2) is 0 Å². The smallest absolute Gasteiger partial charge is 0.0927 e. The Labute approximate surface area is 129 Å². The van der Waals surface area contributed by atoms with Gasteiger partial charge in [-0.1, -0.05) is 48.0 Å². The van der Waals surface area contributed by atoms with Crippen molar-refractivity contribution in [3.63, 3.8) is 0 Å². The summed E-state index contributed by atoms with van der Waals surface area (Å²) in [6, 6.07) is 19.0. The number of para-hydroxylation sites is 1. The highest BCUT2D eigenvalue weighted by atomic mass is 15.1. The number of nitrogens with one attached hydrogen (secondary N) is 1. The van der Waals surface area contributed by atoms with Crippen molar-refractivity contribution in [2.24, 2.45) is 7.05 Å². The molecule has 0 spiro atoms. The SMILES string of the molecule is Cc1ccc(-c2cc(-c3cn(C)c4ccccc34)[nH]n2)cc1. The van der Waals surface area contributed by atoms with Gasteiger partial charge in [0.1, 0.15) is 0 Å². The average molecular weight is 287 g/mol. The van der Waals surface area contributed by atoms with E-state index in [9.17, 15) is 0 Å². The monoisotopic (exact) mass is 287 g/mol. The van der Waals surface area contributed by atoms with Crippen molar-refractivity contribution in [2.45, 2.75) is 6.92 Å². The molecule has 0 bridgehead atoms. The number of fused-ring (bicyclic) bond motifs is 1. The van der Waals surface area contributed by atoms with Crippen molar-refractivity contribution >= 4 is 10.9 Å². The fourth-order valence-electron chi connectivity index (χ4n) is 2.89. The second kappa shape index (κ2) is 4.88. The highest BCUT2D eigenvalue weighted by Gasteiger charge is 2.11. The second-order valence-electron chi connectivity index (χ2n) is 5.70. The summed E-state index contributed by atoms with van der Waals surface area (Å²) in [7, 11) is 2.07. The molecular weight excluding hydrogens is 270 g/mol. The number of aryl methyl sites for hydroxylation is 2. The minimum absolute atomic E-state index is 0.975. The van der Waals surface area contributed by atoms with Gasteiger partial charge in [0, 0.05) is 35.3 Å². The zero-order valence-corrected chi connectivity index (χ0v) is 12.7. The van der Waals surface area contributed by atoms with Gasteiger partial charge in [0.25, 0.3) is 0 Å². The van der Waals surface area contributed by atoms with E-state index in [0.717, 1.165) is 17.0 Å². The van der Waals surface area contributed by atoms with Crippen molar-refractivity contribution in [1.29, 1.82) is 0 Å². The third kappa shape index (κ3) is 2.02. The van der Waals surface area contributed by atoms with Gasteiger partial charge in [0.05, 0.1) is 11.4 Å². The van der Waals surface area contributed by atoms with Gasteiger partial charge in [0.15, 0.2) is 0 Å². The quantitative estimate of drug-likeness (QED) is 0.577. The number of hydrogen-bond acceptors (Lipinski definition) is 1. The molecule has 2 heterocycles. The number of aromatic amines is 1. The Hall–Kier alpha value is -2.81. The first kappa shape index (κ1) is 12.9. The Bertz CT molecular complexity index is 942. The van der Waals surface area contributed by atoms with Crippen molar-refractivity contribution < 1.29 is 0 Å². The number of benzene rings is 2. The van der Waals surface area contributed by atoms with Crippen molar-refractivity contribution in [3.8, 4) is 22.5 Å². The summed E-state index contributed by atoms with van der Waals surface area (Å²) < 4.78 is 2.15. The fraction of sp³-hybridized carbons (Fsp3) is 0.105. The highest BCUT2D eigenvalue weighted by molar-refractivity contribution is 5.95. The molecule has 0 fully saturated rings. The summed E-state index contributed by atoms with van der Waals surface area (Å²) in [4.78, 5) is 0. The molecule has 0 aliphatic carbocycles. The summed E-state index contributed by atoms with van der Waals surface area (Å²) in [6.45, 7) is 2.09. The van der Waals surface area contributed by atoms with Crippen LogP contribution in [0, 0.1) is 6.92 Å². The number of rotatable bonds is 2. The zero-order valence-electron chi connectivity index (χ0n) is 12.7. The van der Waals surface area contributed by atoms with Crippen LogP contribution in [0.3, 0.4) is 0 Å². The summed E-state index contributed by atoms with van der Waals surface area (Å²) in [6.07, 6.45) is 2.15. The Morgan fingerprint density at radius 1 is 1.00 bits per heavy atom. The second-order valence-corrected chi connectivity index (χ2v) is 5.70. The highest BCUT2D eigenvalue weighted by Crippen LogP contribution is 2.31. The molecule has 3 nitrogen and oxygen atoms in total. The summed E-state index contributed by atoms with van der Waals surface area (Å²) in [5, 5.41) is 8.89. The zero-order chi connectivity index (χ0) is 15.1. The molecule has 22 heavy (non-hydrogen) atoms. The van der Waals surface area contributed by atoms with Gasteiger partial charge in [-0.2, -0.15) is 5.10 Å². The van der Waals surface area contributed by atoms with Crippen molar-refractivity contribution in [2.75, 3.05) is 0 Å². The van der Waals surface area contributed by atoms with Crippen molar-refractivity contribution in [3.05, 3.63) is 66.4 Å². The Morgan fingerprint density at radius 3 is 2.59 bits per heavy atom. The minimum Gasteiger partial charge on any atom is -0.350 e. The largest absolute Gasteiger partial charge is 0.350 e. The van der Waals surface area contributed by atoms with Crippen LogP contribution in [-0.2, 0) is 7.05 Å². The van der Waals surface area contributed by atoms with Crippen LogP contribution in [0.1, 0.15) is 5.56 Å². The molecule has 0 saturated heterocycles. The lowest BCUT2D eigenvalue weighted by molar-refractivity contribution is 0.969. The molecule has 0 aliphatic rings. The predicted molar refractivity (Wildman–Crippen MR) is 90.7 cm³/mol. The minimum atomic E-state index is 0.975. The van der Waals surface area contributed by atoms with Gasteiger partial charge >= 0.3 is 0 Å². The number of aromatic nitrogens is 3. The summed E-state index contributed by atoms with van der Waals surface area (Å²) in [5.41, 5.74) is 6.82. The Morgan fingerprint density at radius 2 is 1.77 bits per heavy atom. The number of H-pyrrole nitrogens is 1. The molecule has 4 aromatic rings. The molecule has 3 heteroatoms. The Balaban J connectivity index is 1.82. The molecule has 0 radical (unpaired) electrons. The standard InChI is InChI=1S/C19H17N3/c1-13-7-9-14(10-8-13)17-11-18(21-20-17)16-12-22(2)19-6-4-3-5-15(16)19/h3-12H,1-2H3,(H,20,21). The van der Waals surface area contributed by atoms with Crippen LogP contribution < -0.4 is 0 Å². The molecule has 0 unspecified atom stereocenters. The van der Waals surface area contributed by atoms with Gasteiger partial charge in [0.2, 0.25) is 0 Å². The van der Waals surface area contributed by atoms with E-state index in [1.54, 1.807) is 0 Å².